The molecule has 0 aromatic carbocycles. The third-order valence-corrected chi connectivity index (χ3v) is 4.29. The Morgan fingerprint density at radius 1 is 1.46 bits per heavy atom. The Morgan fingerprint density at radius 3 is 2.88 bits per heavy atom. The maximum atomic E-state index is 11.7. The lowest BCUT2D eigenvalue weighted by Crippen LogP contribution is -2.40. The van der Waals surface area contributed by atoms with Crippen LogP contribution in [0.1, 0.15) is 31.2 Å². The van der Waals surface area contributed by atoms with Crippen LogP contribution >= 0.6 is 11.3 Å². The van der Waals surface area contributed by atoms with Gasteiger partial charge in [-0.05, 0) is 13.3 Å². The third kappa shape index (κ3) is 8.26. The standard InChI is InChI=1S/C16H29N5O2S/c1-5-23-9-6-7-18-16(20-12-14(22)21(3)4)19-11-13(2)15-17-8-10-24-15/h8,10,13H,5-7,9,11-12H2,1-4H3,(H2,18,19,20). The zero-order chi connectivity index (χ0) is 17.8. The normalized spacial score (nSPS) is 12.8. The quantitative estimate of drug-likeness (QED) is 0.376. The van der Waals surface area contributed by atoms with Gasteiger partial charge in [-0.1, -0.05) is 6.92 Å². The number of aromatic nitrogens is 1. The summed E-state index contributed by atoms with van der Waals surface area (Å²) in [5.41, 5.74) is 0. The third-order valence-electron chi connectivity index (χ3n) is 3.28. The molecule has 8 heteroatoms. The lowest BCUT2D eigenvalue weighted by molar-refractivity contribution is -0.127. The van der Waals surface area contributed by atoms with Crippen LogP contribution in [0, 0.1) is 0 Å². The first-order chi connectivity index (χ1) is 11.5. The van der Waals surface area contributed by atoms with Crippen molar-refractivity contribution in [3.05, 3.63) is 16.6 Å². The molecule has 0 bridgehead atoms. The molecule has 1 aromatic heterocycles. The predicted octanol–water partition coefficient (Wildman–Crippen LogP) is 1.30. The number of thiazole rings is 1. The zero-order valence-electron chi connectivity index (χ0n) is 15.0. The van der Waals surface area contributed by atoms with Crippen molar-refractivity contribution in [3.8, 4) is 0 Å². The molecule has 1 atom stereocenters. The number of likely N-dealkylation sites (N-methyl/N-ethyl adjacent to an activating group) is 1. The highest BCUT2D eigenvalue weighted by Crippen LogP contribution is 2.16. The molecule has 1 aromatic rings. The van der Waals surface area contributed by atoms with Crippen molar-refractivity contribution < 1.29 is 9.53 Å². The Labute approximate surface area is 148 Å². The Bertz CT molecular complexity index is 491. The summed E-state index contributed by atoms with van der Waals surface area (Å²) >= 11 is 1.64. The van der Waals surface area contributed by atoms with Gasteiger partial charge in [0.15, 0.2) is 5.96 Å². The Hall–Kier alpha value is -1.67. The molecule has 0 radical (unpaired) electrons. The summed E-state index contributed by atoms with van der Waals surface area (Å²) in [4.78, 5) is 21.9. The van der Waals surface area contributed by atoms with Gasteiger partial charge >= 0.3 is 0 Å². The number of rotatable bonds is 10. The molecule has 1 rings (SSSR count). The van der Waals surface area contributed by atoms with Crippen LogP contribution in [0.4, 0.5) is 0 Å². The highest BCUT2D eigenvalue weighted by molar-refractivity contribution is 7.09. The van der Waals surface area contributed by atoms with E-state index >= 15 is 0 Å². The smallest absolute Gasteiger partial charge is 0.243 e. The molecule has 0 aliphatic heterocycles. The highest BCUT2D eigenvalue weighted by atomic mass is 32.1. The number of aliphatic imine (C=N–C) groups is 1. The second-order valence-corrected chi connectivity index (χ2v) is 6.51. The SMILES string of the molecule is CCOCCCNC(=NCC(=O)N(C)C)NCC(C)c1nccs1. The summed E-state index contributed by atoms with van der Waals surface area (Å²) < 4.78 is 5.32. The number of ether oxygens (including phenoxy) is 1. The average molecular weight is 356 g/mol. The number of carbonyl (C=O) groups is 1. The largest absolute Gasteiger partial charge is 0.382 e. The number of nitrogens with zero attached hydrogens (tertiary/aromatic N) is 3. The van der Waals surface area contributed by atoms with E-state index in [0.29, 0.717) is 19.1 Å². The van der Waals surface area contributed by atoms with Crippen LogP contribution in [0.5, 0.6) is 0 Å². The van der Waals surface area contributed by atoms with Gasteiger partial charge in [-0.3, -0.25) is 4.79 Å². The van der Waals surface area contributed by atoms with Gasteiger partial charge in [0.2, 0.25) is 5.91 Å². The molecule has 0 fully saturated rings. The zero-order valence-corrected chi connectivity index (χ0v) is 15.9. The molecule has 1 amide bonds. The van der Waals surface area contributed by atoms with E-state index in [1.54, 1.807) is 25.4 Å². The number of nitrogens with one attached hydrogen (secondary N) is 2. The van der Waals surface area contributed by atoms with Gasteiger partial charge in [0, 0.05) is 57.9 Å². The fourth-order valence-electron chi connectivity index (χ4n) is 1.80. The molecule has 2 N–H and O–H groups in total. The highest BCUT2D eigenvalue weighted by Gasteiger charge is 2.10. The fraction of sp³-hybridized carbons (Fsp3) is 0.688. The van der Waals surface area contributed by atoms with Crippen molar-refractivity contribution in [2.75, 3.05) is 46.9 Å². The van der Waals surface area contributed by atoms with Crippen LogP contribution in [0.15, 0.2) is 16.6 Å². The van der Waals surface area contributed by atoms with Crippen molar-refractivity contribution >= 4 is 23.2 Å². The lowest BCUT2D eigenvalue weighted by atomic mass is 10.2. The van der Waals surface area contributed by atoms with E-state index < -0.39 is 0 Å². The minimum Gasteiger partial charge on any atom is -0.382 e. The van der Waals surface area contributed by atoms with Gasteiger partial charge in [-0.2, -0.15) is 0 Å². The second-order valence-electron chi connectivity index (χ2n) is 5.58. The molecular weight excluding hydrogens is 326 g/mol. The van der Waals surface area contributed by atoms with E-state index in [4.69, 9.17) is 4.74 Å². The molecular formula is C16H29N5O2S. The van der Waals surface area contributed by atoms with Crippen molar-refractivity contribution in [1.29, 1.82) is 0 Å². The van der Waals surface area contributed by atoms with Crippen LogP contribution in [0.3, 0.4) is 0 Å². The van der Waals surface area contributed by atoms with Crippen LogP contribution in [0.2, 0.25) is 0 Å². The lowest BCUT2D eigenvalue weighted by Gasteiger charge is -2.16. The predicted molar refractivity (Wildman–Crippen MR) is 98.6 cm³/mol. The Kier molecular flexibility index (Phi) is 10.0. The number of guanidine groups is 1. The Morgan fingerprint density at radius 2 is 2.25 bits per heavy atom. The molecule has 0 saturated carbocycles. The van der Waals surface area contributed by atoms with E-state index in [1.165, 1.54) is 4.90 Å². The number of amides is 1. The first-order valence-electron chi connectivity index (χ1n) is 8.24. The van der Waals surface area contributed by atoms with E-state index in [2.05, 4.69) is 27.5 Å². The molecule has 24 heavy (non-hydrogen) atoms. The van der Waals surface area contributed by atoms with E-state index in [9.17, 15) is 4.79 Å². The molecule has 0 aliphatic rings. The van der Waals surface area contributed by atoms with Crippen molar-refractivity contribution in [2.24, 2.45) is 4.99 Å². The molecule has 7 nitrogen and oxygen atoms in total. The molecule has 1 unspecified atom stereocenters. The van der Waals surface area contributed by atoms with Crippen LogP contribution in [-0.4, -0.2) is 68.7 Å². The minimum absolute atomic E-state index is 0.0293. The number of hydrogen-bond acceptors (Lipinski definition) is 5. The van der Waals surface area contributed by atoms with Crippen LogP contribution in [-0.2, 0) is 9.53 Å². The monoisotopic (exact) mass is 355 g/mol. The molecule has 136 valence electrons. The van der Waals surface area contributed by atoms with Crippen molar-refractivity contribution in [1.82, 2.24) is 20.5 Å². The molecule has 0 spiro atoms. The first-order valence-corrected chi connectivity index (χ1v) is 9.12. The summed E-state index contributed by atoms with van der Waals surface area (Å²) in [6, 6.07) is 0. The van der Waals surface area contributed by atoms with Gasteiger partial charge in [-0.15, -0.1) is 11.3 Å². The maximum absolute atomic E-state index is 11.7. The van der Waals surface area contributed by atoms with Gasteiger partial charge in [-0.25, -0.2) is 9.98 Å². The van der Waals surface area contributed by atoms with Gasteiger partial charge in [0.25, 0.3) is 0 Å². The first kappa shape index (κ1) is 20.4. The van der Waals surface area contributed by atoms with Crippen LogP contribution < -0.4 is 10.6 Å². The van der Waals surface area contributed by atoms with Gasteiger partial charge in [0.05, 0.1) is 5.01 Å². The van der Waals surface area contributed by atoms with Crippen molar-refractivity contribution in [2.45, 2.75) is 26.2 Å². The summed E-state index contributed by atoms with van der Waals surface area (Å²) in [7, 11) is 3.45. The summed E-state index contributed by atoms with van der Waals surface area (Å²) in [6.07, 6.45) is 2.70. The van der Waals surface area contributed by atoms with E-state index in [-0.39, 0.29) is 18.4 Å². The topological polar surface area (TPSA) is 78.8 Å². The fourth-order valence-corrected chi connectivity index (χ4v) is 2.50. The average Bonchev–Trinajstić information content (AvgIpc) is 3.10. The minimum atomic E-state index is -0.0293. The van der Waals surface area contributed by atoms with Gasteiger partial charge in [0.1, 0.15) is 6.54 Å². The Balaban J connectivity index is 2.49. The number of hydrogen-bond donors (Lipinski definition) is 2. The molecule has 0 aliphatic carbocycles. The van der Waals surface area contributed by atoms with E-state index in [1.807, 2.05) is 18.5 Å². The van der Waals surface area contributed by atoms with Crippen LogP contribution in [0.25, 0.3) is 0 Å². The summed E-state index contributed by atoms with van der Waals surface area (Å²) in [5.74, 6) is 0.897. The molecule has 1 heterocycles. The number of carbonyl (C=O) groups excluding carboxylic acids is 1. The van der Waals surface area contributed by atoms with Gasteiger partial charge < -0.3 is 20.3 Å². The maximum Gasteiger partial charge on any atom is 0.243 e. The van der Waals surface area contributed by atoms with Crippen molar-refractivity contribution in [3.63, 3.8) is 0 Å². The summed E-state index contributed by atoms with van der Waals surface area (Å²) in [5, 5.41) is 9.59. The van der Waals surface area contributed by atoms with E-state index in [0.717, 1.165) is 24.6 Å². The molecule has 0 saturated heterocycles. The summed E-state index contributed by atoms with van der Waals surface area (Å²) in [6.45, 7) is 7.11. The second kappa shape index (κ2) is 11.8.